The summed E-state index contributed by atoms with van der Waals surface area (Å²) in [6, 6.07) is 7.18. The van der Waals surface area contributed by atoms with Crippen molar-refractivity contribution in [1.29, 1.82) is 0 Å². The van der Waals surface area contributed by atoms with E-state index in [2.05, 4.69) is 0 Å². The van der Waals surface area contributed by atoms with E-state index in [4.69, 9.17) is 16.3 Å². The van der Waals surface area contributed by atoms with Gasteiger partial charge in [-0.05, 0) is 37.5 Å². The Bertz CT molecular complexity index is 416. The number of carbonyl (C=O) groups excluding carboxylic acids is 1. The maximum atomic E-state index is 12.2. The molecule has 0 N–H and O–H groups in total. The van der Waals surface area contributed by atoms with Gasteiger partial charge in [-0.1, -0.05) is 24.6 Å². The van der Waals surface area contributed by atoms with Crippen molar-refractivity contribution in [2.24, 2.45) is 0 Å². The molecule has 98 valence electrons. The van der Waals surface area contributed by atoms with Crippen LogP contribution in [0.25, 0.3) is 0 Å². The average molecular weight is 268 g/mol. The molecule has 4 heteroatoms. The van der Waals surface area contributed by atoms with Crippen LogP contribution in [0.2, 0.25) is 5.02 Å². The molecule has 3 nitrogen and oxygen atoms in total. The van der Waals surface area contributed by atoms with Crippen molar-refractivity contribution >= 4 is 17.5 Å². The zero-order valence-electron chi connectivity index (χ0n) is 10.6. The number of halogens is 1. The summed E-state index contributed by atoms with van der Waals surface area (Å²) < 4.78 is 5.74. The van der Waals surface area contributed by atoms with Crippen molar-refractivity contribution in [2.45, 2.75) is 32.3 Å². The fourth-order valence-corrected chi connectivity index (χ4v) is 2.33. The lowest BCUT2D eigenvalue weighted by molar-refractivity contribution is -0.137. The van der Waals surface area contributed by atoms with Crippen molar-refractivity contribution < 1.29 is 9.53 Å². The highest BCUT2D eigenvalue weighted by Gasteiger charge is 2.26. The van der Waals surface area contributed by atoms with Crippen LogP contribution in [0.3, 0.4) is 0 Å². The topological polar surface area (TPSA) is 29.5 Å². The van der Waals surface area contributed by atoms with Crippen LogP contribution in [0.15, 0.2) is 24.3 Å². The quantitative estimate of drug-likeness (QED) is 0.839. The van der Waals surface area contributed by atoms with E-state index in [0.717, 1.165) is 25.9 Å². The zero-order chi connectivity index (χ0) is 13.0. The molecule has 1 fully saturated rings. The maximum Gasteiger partial charge on any atom is 0.263 e. The Kier molecular flexibility index (Phi) is 4.48. The molecule has 0 aliphatic carbocycles. The van der Waals surface area contributed by atoms with Gasteiger partial charge in [0, 0.05) is 18.1 Å². The fourth-order valence-electron chi connectivity index (χ4n) is 2.15. The van der Waals surface area contributed by atoms with Crippen LogP contribution in [0.5, 0.6) is 5.75 Å². The van der Waals surface area contributed by atoms with E-state index < -0.39 is 6.10 Å². The normalized spacial score (nSPS) is 16.7. The smallest absolute Gasteiger partial charge is 0.263 e. The number of amides is 1. The van der Waals surface area contributed by atoms with E-state index >= 15 is 0 Å². The molecule has 0 bridgehead atoms. The Morgan fingerprint density at radius 3 is 2.78 bits per heavy atom. The number of hydrogen-bond donors (Lipinski definition) is 0. The van der Waals surface area contributed by atoms with Gasteiger partial charge in [-0.3, -0.25) is 4.79 Å². The molecule has 1 saturated heterocycles. The summed E-state index contributed by atoms with van der Waals surface area (Å²) in [7, 11) is 0. The highest BCUT2D eigenvalue weighted by atomic mass is 35.5. The highest BCUT2D eigenvalue weighted by molar-refractivity contribution is 6.30. The van der Waals surface area contributed by atoms with Crippen molar-refractivity contribution in [3.05, 3.63) is 29.3 Å². The third-order valence-electron chi connectivity index (χ3n) is 3.14. The van der Waals surface area contributed by atoms with Gasteiger partial charge in [0.2, 0.25) is 0 Å². The van der Waals surface area contributed by atoms with E-state index in [9.17, 15) is 4.79 Å². The van der Waals surface area contributed by atoms with Crippen molar-refractivity contribution in [3.63, 3.8) is 0 Å². The van der Waals surface area contributed by atoms with Crippen molar-refractivity contribution in [3.8, 4) is 5.75 Å². The van der Waals surface area contributed by atoms with Gasteiger partial charge in [0.15, 0.2) is 6.10 Å². The van der Waals surface area contributed by atoms with Crippen LogP contribution in [0.4, 0.5) is 0 Å². The molecule has 0 spiro atoms. The van der Waals surface area contributed by atoms with Gasteiger partial charge in [0.1, 0.15) is 5.75 Å². The van der Waals surface area contributed by atoms with E-state index in [1.165, 1.54) is 0 Å². The molecule has 2 rings (SSSR count). The molecule has 1 unspecified atom stereocenters. The first-order valence-electron chi connectivity index (χ1n) is 6.41. The van der Waals surface area contributed by atoms with E-state index in [1.807, 2.05) is 24.0 Å². The molecule has 0 saturated carbocycles. The standard InChI is InChI=1S/C14H18ClNO2/c1-2-13(14(17)16-8-3-4-9-16)18-12-7-5-6-11(15)10-12/h5-7,10,13H,2-4,8-9H2,1H3. The lowest BCUT2D eigenvalue weighted by Gasteiger charge is -2.23. The number of hydrogen-bond acceptors (Lipinski definition) is 2. The molecule has 0 radical (unpaired) electrons. The van der Waals surface area contributed by atoms with E-state index in [0.29, 0.717) is 17.2 Å². The molecular formula is C14H18ClNO2. The van der Waals surface area contributed by atoms with Crippen LogP contribution < -0.4 is 4.74 Å². The Hall–Kier alpha value is -1.22. The van der Waals surface area contributed by atoms with Crippen molar-refractivity contribution in [2.75, 3.05) is 13.1 Å². The zero-order valence-corrected chi connectivity index (χ0v) is 11.3. The van der Waals surface area contributed by atoms with E-state index in [1.54, 1.807) is 12.1 Å². The Morgan fingerprint density at radius 2 is 2.17 bits per heavy atom. The number of nitrogens with zero attached hydrogens (tertiary/aromatic N) is 1. The van der Waals surface area contributed by atoms with Crippen LogP contribution >= 0.6 is 11.6 Å². The molecule has 18 heavy (non-hydrogen) atoms. The highest BCUT2D eigenvalue weighted by Crippen LogP contribution is 2.20. The second kappa shape index (κ2) is 6.10. The van der Waals surface area contributed by atoms with Gasteiger partial charge < -0.3 is 9.64 Å². The Labute approximate surface area is 113 Å². The van der Waals surface area contributed by atoms with Crippen LogP contribution in [-0.2, 0) is 4.79 Å². The molecule has 1 heterocycles. The molecule has 1 amide bonds. The summed E-state index contributed by atoms with van der Waals surface area (Å²) in [6.07, 6.45) is 2.46. The fraction of sp³-hybridized carbons (Fsp3) is 0.500. The molecule has 1 atom stereocenters. The molecule has 0 aromatic heterocycles. The van der Waals surface area contributed by atoms with Gasteiger partial charge in [0.05, 0.1) is 0 Å². The second-order valence-electron chi connectivity index (χ2n) is 4.50. The van der Waals surface area contributed by atoms with Gasteiger partial charge in [-0.25, -0.2) is 0 Å². The third-order valence-corrected chi connectivity index (χ3v) is 3.37. The average Bonchev–Trinajstić information content (AvgIpc) is 2.89. The Balaban J connectivity index is 2.02. The Morgan fingerprint density at radius 1 is 1.44 bits per heavy atom. The minimum Gasteiger partial charge on any atom is -0.481 e. The van der Waals surface area contributed by atoms with Gasteiger partial charge >= 0.3 is 0 Å². The van der Waals surface area contributed by atoms with E-state index in [-0.39, 0.29) is 5.91 Å². The summed E-state index contributed by atoms with van der Waals surface area (Å²) in [5.74, 6) is 0.747. The van der Waals surface area contributed by atoms with Crippen LogP contribution in [0, 0.1) is 0 Å². The first kappa shape index (κ1) is 13.2. The number of likely N-dealkylation sites (tertiary alicyclic amines) is 1. The number of ether oxygens (including phenoxy) is 1. The molecular weight excluding hydrogens is 250 g/mol. The number of rotatable bonds is 4. The maximum absolute atomic E-state index is 12.2. The van der Waals surface area contributed by atoms with Gasteiger partial charge in [-0.2, -0.15) is 0 Å². The molecule has 1 aliphatic rings. The van der Waals surface area contributed by atoms with Crippen LogP contribution in [-0.4, -0.2) is 30.0 Å². The summed E-state index contributed by atoms with van der Waals surface area (Å²) in [6.45, 7) is 3.67. The molecule has 1 aromatic rings. The van der Waals surface area contributed by atoms with Gasteiger partial charge in [-0.15, -0.1) is 0 Å². The molecule has 1 aromatic carbocycles. The van der Waals surface area contributed by atoms with Crippen molar-refractivity contribution in [1.82, 2.24) is 4.90 Å². The van der Waals surface area contributed by atoms with Gasteiger partial charge in [0.25, 0.3) is 5.91 Å². The number of carbonyl (C=O) groups is 1. The summed E-state index contributed by atoms with van der Waals surface area (Å²) in [5.41, 5.74) is 0. The lowest BCUT2D eigenvalue weighted by atomic mass is 10.2. The molecule has 1 aliphatic heterocycles. The summed E-state index contributed by atoms with van der Waals surface area (Å²) in [4.78, 5) is 14.1. The summed E-state index contributed by atoms with van der Waals surface area (Å²) >= 11 is 5.90. The predicted octanol–water partition coefficient (Wildman–Crippen LogP) is 3.12. The minimum absolute atomic E-state index is 0.0926. The minimum atomic E-state index is -0.401. The third kappa shape index (κ3) is 3.16. The first-order valence-corrected chi connectivity index (χ1v) is 6.79. The largest absolute Gasteiger partial charge is 0.481 e. The lowest BCUT2D eigenvalue weighted by Crippen LogP contribution is -2.40. The monoisotopic (exact) mass is 267 g/mol. The SMILES string of the molecule is CCC(Oc1cccc(Cl)c1)C(=O)N1CCCC1. The number of benzene rings is 1. The van der Waals surface area contributed by atoms with Crippen LogP contribution in [0.1, 0.15) is 26.2 Å². The predicted molar refractivity (Wildman–Crippen MR) is 72.0 cm³/mol. The summed E-state index contributed by atoms with van der Waals surface area (Å²) in [5, 5.41) is 0.621. The second-order valence-corrected chi connectivity index (χ2v) is 4.94. The first-order chi connectivity index (χ1) is 8.70.